The van der Waals surface area contributed by atoms with Gasteiger partial charge in [0.05, 0.1) is 12.6 Å². The maximum absolute atomic E-state index is 12.0. The lowest BCUT2D eigenvalue weighted by atomic mass is 9.76. The number of hydrogen-bond acceptors (Lipinski definition) is 3. The van der Waals surface area contributed by atoms with Gasteiger partial charge in [-0.2, -0.15) is 0 Å². The maximum atomic E-state index is 12.0. The van der Waals surface area contributed by atoms with E-state index in [0.717, 1.165) is 25.7 Å². The van der Waals surface area contributed by atoms with Gasteiger partial charge in [0, 0.05) is 13.5 Å². The predicted molar refractivity (Wildman–Crippen MR) is 84.6 cm³/mol. The number of nitrogens with two attached hydrogens (primary N) is 1. The van der Waals surface area contributed by atoms with E-state index in [9.17, 15) is 4.79 Å². The fraction of sp³-hybridized carbons (Fsp3) is 0.938. The van der Waals surface area contributed by atoms with Gasteiger partial charge in [0.2, 0.25) is 5.91 Å². The molecule has 1 amide bonds. The zero-order valence-corrected chi connectivity index (χ0v) is 14.0. The third-order valence-corrected chi connectivity index (χ3v) is 3.83. The SMILES string of the molecule is CCCC(COC)NC(=O)CCC(CCN)C(C)(C)C. The first-order chi connectivity index (χ1) is 9.35. The van der Waals surface area contributed by atoms with Gasteiger partial charge in [-0.05, 0) is 37.1 Å². The van der Waals surface area contributed by atoms with Crippen LogP contribution < -0.4 is 11.1 Å². The molecule has 120 valence electrons. The Bertz CT molecular complexity index is 256. The van der Waals surface area contributed by atoms with Crippen LogP contribution in [0.3, 0.4) is 0 Å². The molecule has 4 nitrogen and oxygen atoms in total. The van der Waals surface area contributed by atoms with Crippen LogP contribution in [0.15, 0.2) is 0 Å². The number of methoxy groups -OCH3 is 1. The monoisotopic (exact) mass is 286 g/mol. The van der Waals surface area contributed by atoms with Gasteiger partial charge in [0.15, 0.2) is 0 Å². The van der Waals surface area contributed by atoms with Crippen LogP contribution in [0.4, 0.5) is 0 Å². The number of ether oxygens (including phenoxy) is 1. The van der Waals surface area contributed by atoms with Gasteiger partial charge < -0.3 is 15.8 Å². The molecule has 0 radical (unpaired) electrons. The highest BCUT2D eigenvalue weighted by atomic mass is 16.5. The van der Waals surface area contributed by atoms with Gasteiger partial charge >= 0.3 is 0 Å². The zero-order valence-electron chi connectivity index (χ0n) is 14.0. The third kappa shape index (κ3) is 8.54. The molecule has 0 spiro atoms. The van der Waals surface area contributed by atoms with Crippen molar-refractivity contribution in [3.63, 3.8) is 0 Å². The van der Waals surface area contributed by atoms with E-state index in [0.29, 0.717) is 25.5 Å². The van der Waals surface area contributed by atoms with Crippen molar-refractivity contribution in [1.82, 2.24) is 5.32 Å². The zero-order chi connectivity index (χ0) is 15.6. The van der Waals surface area contributed by atoms with Crippen LogP contribution >= 0.6 is 0 Å². The van der Waals surface area contributed by atoms with E-state index in [1.165, 1.54) is 0 Å². The summed E-state index contributed by atoms with van der Waals surface area (Å²) in [7, 11) is 1.67. The highest BCUT2D eigenvalue weighted by Crippen LogP contribution is 2.32. The highest BCUT2D eigenvalue weighted by molar-refractivity contribution is 5.76. The normalized spacial score (nSPS) is 14.9. The minimum Gasteiger partial charge on any atom is -0.383 e. The molecule has 4 heteroatoms. The first-order valence-corrected chi connectivity index (χ1v) is 7.83. The van der Waals surface area contributed by atoms with E-state index < -0.39 is 0 Å². The standard InChI is InChI=1S/C16H34N2O2/c1-6-7-14(12-20-5)18-15(19)9-8-13(10-11-17)16(2,3)4/h13-14H,6-12,17H2,1-5H3,(H,18,19). The average Bonchev–Trinajstić information content (AvgIpc) is 2.33. The van der Waals surface area contributed by atoms with Crippen molar-refractivity contribution < 1.29 is 9.53 Å². The molecule has 0 rings (SSSR count). The lowest BCUT2D eigenvalue weighted by Gasteiger charge is -2.30. The second kappa shape index (κ2) is 10.2. The molecule has 20 heavy (non-hydrogen) atoms. The summed E-state index contributed by atoms with van der Waals surface area (Å²) in [5.74, 6) is 0.622. The quantitative estimate of drug-likeness (QED) is 0.649. The van der Waals surface area contributed by atoms with Crippen LogP contribution in [0.2, 0.25) is 0 Å². The summed E-state index contributed by atoms with van der Waals surface area (Å²) in [5.41, 5.74) is 5.88. The topological polar surface area (TPSA) is 64.3 Å². The van der Waals surface area contributed by atoms with Gasteiger partial charge in [-0.1, -0.05) is 34.1 Å². The Balaban J connectivity index is 4.23. The number of carbonyl (C=O) groups is 1. The Labute approximate surface area is 124 Å². The number of amides is 1. The van der Waals surface area contributed by atoms with E-state index in [2.05, 4.69) is 33.0 Å². The maximum Gasteiger partial charge on any atom is 0.220 e. The molecule has 0 saturated carbocycles. The van der Waals surface area contributed by atoms with E-state index in [1.807, 2.05) is 0 Å². The summed E-state index contributed by atoms with van der Waals surface area (Å²) in [5, 5.41) is 3.07. The van der Waals surface area contributed by atoms with Crippen molar-refractivity contribution in [2.24, 2.45) is 17.1 Å². The number of rotatable bonds is 10. The van der Waals surface area contributed by atoms with Crippen molar-refractivity contribution in [3.05, 3.63) is 0 Å². The molecule has 0 bridgehead atoms. The predicted octanol–water partition coefficient (Wildman–Crippen LogP) is 2.71. The highest BCUT2D eigenvalue weighted by Gasteiger charge is 2.24. The van der Waals surface area contributed by atoms with Crippen molar-refractivity contribution >= 4 is 5.91 Å². The fourth-order valence-electron chi connectivity index (χ4n) is 2.56. The molecule has 0 aliphatic carbocycles. The largest absolute Gasteiger partial charge is 0.383 e. The second-order valence-corrected chi connectivity index (χ2v) is 6.69. The Hall–Kier alpha value is -0.610. The number of carbonyl (C=O) groups excluding carboxylic acids is 1. The smallest absolute Gasteiger partial charge is 0.220 e. The molecule has 0 aromatic rings. The molecule has 0 aromatic carbocycles. The average molecular weight is 286 g/mol. The first-order valence-electron chi connectivity index (χ1n) is 7.83. The van der Waals surface area contributed by atoms with Crippen molar-refractivity contribution in [2.45, 2.75) is 65.8 Å². The van der Waals surface area contributed by atoms with Crippen LogP contribution in [0.25, 0.3) is 0 Å². The minimum atomic E-state index is 0.131. The van der Waals surface area contributed by atoms with Crippen LogP contribution in [0.5, 0.6) is 0 Å². The lowest BCUT2D eigenvalue weighted by Crippen LogP contribution is -2.38. The Morgan fingerprint density at radius 2 is 1.90 bits per heavy atom. The van der Waals surface area contributed by atoms with Crippen LogP contribution in [0.1, 0.15) is 59.8 Å². The van der Waals surface area contributed by atoms with E-state index in [-0.39, 0.29) is 17.4 Å². The van der Waals surface area contributed by atoms with Crippen LogP contribution in [-0.2, 0) is 9.53 Å². The number of hydrogen-bond donors (Lipinski definition) is 2. The second-order valence-electron chi connectivity index (χ2n) is 6.69. The Morgan fingerprint density at radius 1 is 1.25 bits per heavy atom. The first kappa shape index (κ1) is 19.4. The summed E-state index contributed by atoms with van der Waals surface area (Å²) in [4.78, 5) is 12.0. The molecule has 0 aliphatic rings. The van der Waals surface area contributed by atoms with Gasteiger partial charge in [-0.15, -0.1) is 0 Å². The van der Waals surface area contributed by atoms with Crippen molar-refractivity contribution in [2.75, 3.05) is 20.3 Å². The third-order valence-electron chi connectivity index (χ3n) is 3.83. The summed E-state index contributed by atoms with van der Waals surface area (Å²) < 4.78 is 5.14. The molecule has 0 aromatic heterocycles. The van der Waals surface area contributed by atoms with E-state index in [4.69, 9.17) is 10.5 Å². The van der Waals surface area contributed by atoms with Gasteiger partial charge in [-0.25, -0.2) is 0 Å². The molecule has 0 fully saturated rings. The van der Waals surface area contributed by atoms with E-state index >= 15 is 0 Å². The molecular formula is C16H34N2O2. The van der Waals surface area contributed by atoms with Crippen molar-refractivity contribution in [3.8, 4) is 0 Å². The summed E-state index contributed by atoms with van der Waals surface area (Å²) in [6.07, 6.45) is 4.47. The molecule has 0 heterocycles. The molecule has 2 atom stereocenters. The molecular weight excluding hydrogens is 252 g/mol. The van der Waals surface area contributed by atoms with Crippen LogP contribution in [0, 0.1) is 11.3 Å². The summed E-state index contributed by atoms with van der Waals surface area (Å²) in [6, 6.07) is 0.139. The Kier molecular flexibility index (Phi) is 9.86. The molecule has 0 aliphatic heterocycles. The fourth-order valence-corrected chi connectivity index (χ4v) is 2.56. The van der Waals surface area contributed by atoms with Crippen molar-refractivity contribution in [1.29, 1.82) is 0 Å². The van der Waals surface area contributed by atoms with Crippen LogP contribution in [-0.4, -0.2) is 32.2 Å². The molecule has 2 unspecified atom stereocenters. The van der Waals surface area contributed by atoms with Gasteiger partial charge in [0.25, 0.3) is 0 Å². The molecule has 0 saturated heterocycles. The van der Waals surface area contributed by atoms with E-state index in [1.54, 1.807) is 7.11 Å². The van der Waals surface area contributed by atoms with Gasteiger partial charge in [-0.3, -0.25) is 4.79 Å². The number of nitrogens with one attached hydrogen (secondary N) is 1. The lowest BCUT2D eigenvalue weighted by molar-refractivity contribution is -0.122. The Morgan fingerprint density at radius 3 is 2.35 bits per heavy atom. The summed E-state index contributed by atoms with van der Waals surface area (Å²) in [6.45, 7) is 10.0. The van der Waals surface area contributed by atoms with Gasteiger partial charge in [0.1, 0.15) is 0 Å². The molecule has 3 N–H and O–H groups in total. The summed E-state index contributed by atoms with van der Waals surface area (Å²) >= 11 is 0. The minimum absolute atomic E-state index is 0.131.